The number of nitrogens with zero attached hydrogens (tertiary/aromatic N) is 6. The van der Waals surface area contributed by atoms with Gasteiger partial charge in [-0.1, -0.05) is 42.5 Å². The Balaban J connectivity index is 1.39. The highest BCUT2D eigenvalue weighted by molar-refractivity contribution is 5.79. The zero-order chi connectivity index (χ0) is 26.1. The van der Waals surface area contributed by atoms with Crippen molar-refractivity contribution in [3.63, 3.8) is 0 Å². The molecule has 8 nitrogen and oxygen atoms in total. The number of hydrogen-bond donors (Lipinski definition) is 1. The third-order valence-electron chi connectivity index (χ3n) is 7.18. The second-order valence-electron chi connectivity index (χ2n) is 9.73. The minimum Gasteiger partial charge on any atom is -0.369 e. The molecule has 3 heterocycles. The van der Waals surface area contributed by atoms with Crippen LogP contribution in [0, 0.1) is 12.7 Å². The molecule has 5 aromatic rings. The molecule has 0 bridgehead atoms. The number of rotatable bonds is 6. The number of halogens is 1. The molecule has 1 N–H and O–H groups in total. The molecule has 1 atom stereocenters. The van der Waals surface area contributed by atoms with E-state index < -0.39 is 6.04 Å². The van der Waals surface area contributed by atoms with E-state index in [1.807, 2.05) is 49.4 Å². The lowest BCUT2D eigenvalue weighted by Crippen LogP contribution is -2.49. The fourth-order valence-corrected chi connectivity index (χ4v) is 5.19. The van der Waals surface area contributed by atoms with Crippen molar-refractivity contribution in [3.8, 4) is 0 Å². The second-order valence-corrected chi connectivity index (χ2v) is 9.73. The maximum Gasteiger partial charge on any atom is 0.253 e. The molecule has 3 aromatic carbocycles. The largest absolute Gasteiger partial charge is 0.369 e. The molecule has 0 saturated carbocycles. The van der Waals surface area contributed by atoms with Gasteiger partial charge in [0.25, 0.3) is 5.56 Å². The smallest absolute Gasteiger partial charge is 0.253 e. The summed E-state index contributed by atoms with van der Waals surface area (Å²) in [5.41, 5.74) is 4.38. The molecule has 0 unspecified atom stereocenters. The summed E-state index contributed by atoms with van der Waals surface area (Å²) < 4.78 is 15.2. The molecule has 1 aliphatic rings. The van der Waals surface area contributed by atoms with E-state index in [-0.39, 0.29) is 11.4 Å². The van der Waals surface area contributed by atoms with Crippen LogP contribution < -0.4 is 10.5 Å². The first-order valence-corrected chi connectivity index (χ1v) is 12.7. The van der Waals surface area contributed by atoms with Crippen LogP contribution in [0.2, 0.25) is 0 Å². The lowest BCUT2D eigenvalue weighted by atomic mass is 10.0. The first kappa shape index (κ1) is 24.0. The summed E-state index contributed by atoms with van der Waals surface area (Å²) in [4.78, 5) is 21.2. The lowest BCUT2D eigenvalue weighted by molar-refractivity contribution is 0.200. The predicted molar refractivity (Wildman–Crippen MR) is 145 cm³/mol. The van der Waals surface area contributed by atoms with Gasteiger partial charge in [-0.2, -0.15) is 0 Å². The van der Waals surface area contributed by atoms with Crippen LogP contribution in [0.15, 0.2) is 83.7 Å². The minimum absolute atomic E-state index is 0.157. The molecule has 2 aromatic heterocycles. The van der Waals surface area contributed by atoms with E-state index in [9.17, 15) is 9.18 Å². The molecular weight excluding hydrogens is 481 g/mol. The zero-order valence-corrected chi connectivity index (χ0v) is 21.1. The van der Waals surface area contributed by atoms with Crippen molar-refractivity contribution < 1.29 is 4.39 Å². The van der Waals surface area contributed by atoms with Gasteiger partial charge in [0.1, 0.15) is 11.9 Å². The molecule has 0 aliphatic carbocycles. The Kier molecular flexibility index (Phi) is 6.43. The summed E-state index contributed by atoms with van der Waals surface area (Å²) in [5, 5.41) is 13.6. The van der Waals surface area contributed by atoms with Crippen molar-refractivity contribution in [1.82, 2.24) is 30.1 Å². The van der Waals surface area contributed by atoms with Gasteiger partial charge in [-0.3, -0.25) is 9.69 Å². The van der Waals surface area contributed by atoms with Gasteiger partial charge in [-0.05, 0) is 70.3 Å². The fraction of sp³-hybridized carbons (Fsp3) is 0.241. The Morgan fingerprint density at radius 3 is 2.47 bits per heavy atom. The first-order chi connectivity index (χ1) is 18.5. The standard InChI is InChI=1S/C29H28FN7O/c1-20-7-10-22-18-25(29(38)31-26(22)17-20)27(36-15-13-35(14-16-36)24-5-3-2-4-6-24)28-32-33-34-37(28)19-21-8-11-23(30)12-9-21/h2-12,17-18,27H,13-16,19H2,1H3,(H,31,38)/t27-/m1/s1. The maximum atomic E-state index is 13.5. The van der Waals surface area contributed by atoms with Crippen LogP contribution in [0.1, 0.15) is 28.6 Å². The number of piperazine rings is 1. The topological polar surface area (TPSA) is 82.9 Å². The van der Waals surface area contributed by atoms with Gasteiger partial charge < -0.3 is 9.88 Å². The summed E-state index contributed by atoms with van der Waals surface area (Å²) in [6.07, 6.45) is 0. The maximum absolute atomic E-state index is 13.5. The summed E-state index contributed by atoms with van der Waals surface area (Å²) in [5.74, 6) is 0.289. The average molecular weight is 510 g/mol. The molecule has 0 amide bonds. The number of nitrogens with one attached hydrogen (secondary N) is 1. The van der Waals surface area contributed by atoms with E-state index in [2.05, 4.69) is 42.4 Å². The molecule has 1 saturated heterocycles. The molecule has 1 aliphatic heterocycles. The van der Waals surface area contributed by atoms with Gasteiger partial charge in [0.15, 0.2) is 5.82 Å². The van der Waals surface area contributed by atoms with E-state index in [0.717, 1.165) is 48.2 Å². The van der Waals surface area contributed by atoms with Crippen molar-refractivity contribution in [1.29, 1.82) is 0 Å². The number of fused-ring (bicyclic) bond motifs is 1. The van der Waals surface area contributed by atoms with Gasteiger partial charge >= 0.3 is 0 Å². The number of pyridine rings is 1. The average Bonchev–Trinajstić information content (AvgIpc) is 3.39. The molecule has 38 heavy (non-hydrogen) atoms. The summed E-state index contributed by atoms with van der Waals surface area (Å²) in [7, 11) is 0. The van der Waals surface area contributed by atoms with Crippen LogP contribution in [0.25, 0.3) is 10.9 Å². The summed E-state index contributed by atoms with van der Waals surface area (Å²) >= 11 is 0. The quantitative estimate of drug-likeness (QED) is 0.374. The number of para-hydroxylation sites is 1. The Bertz CT molecular complexity index is 1610. The number of tetrazole rings is 1. The number of benzene rings is 3. The second kappa shape index (κ2) is 10.2. The van der Waals surface area contributed by atoms with Crippen LogP contribution in [-0.4, -0.2) is 56.3 Å². The number of hydrogen-bond acceptors (Lipinski definition) is 6. The van der Waals surface area contributed by atoms with Crippen molar-refractivity contribution in [2.45, 2.75) is 19.5 Å². The van der Waals surface area contributed by atoms with E-state index >= 15 is 0 Å². The molecular formula is C29H28FN7O. The van der Waals surface area contributed by atoms with Crippen LogP contribution in [0.4, 0.5) is 10.1 Å². The fourth-order valence-electron chi connectivity index (χ4n) is 5.19. The number of H-pyrrole nitrogens is 1. The van der Waals surface area contributed by atoms with Gasteiger partial charge in [-0.25, -0.2) is 9.07 Å². The Morgan fingerprint density at radius 2 is 1.71 bits per heavy atom. The predicted octanol–water partition coefficient (Wildman–Crippen LogP) is 3.92. The van der Waals surface area contributed by atoms with Crippen molar-refractivity contribution in [2.75, 3.05) is 31.1 Å². The third-order valence-corrected chi connectivity index (χ3v) is 7.18. The van der Waals surface area contributed by atoms with E-state index in [0.29, 0.717) is 17.9 Å². The van der Waals surface area contributed by atoms with E-state index in [4.69, 9.17) is 0 Å². The molecule has 0 radical (unpaired) electrons. The van der Waals surface area contributed by atoms with Gasteiger partial charge in [-0.15, -0.1) is 5.10 Å². The van der Waals surface area contributed by atoms with Crippen LogP contribution in [-0.2, 0) is 6.54 Å². The van der Waals surface area contributed by atoms with Crippen LogP contribution in [0.3, 0.4) is 0 Å². The SMILES string of the molecule is Cc1ccc2cc([C@H](c3nnnn3Cc3ccc(F)cc3)N3CCN(c4ccccc4)CC3)c(=O)[nH]c2c1. The Labute approximate surface area is 219 Å². The first-order valence-electron chi connectivity index (χ1n) is 12.7. The van der Waals surface area contributed by atoms with E-state index in [1.54, 1.807) is 16.8 Å². The van der Waals surface area contributed by atoms with Crippen LogP contribution >= 0.6 is 0 Å². The van der Waals surface area contributed by atoms with Gasteiger partial charge in [0.2, 0.25) is 0 Å². The highest BCUT2D eigenvalue weighted by atomic mass is 19.1. The van der Waals surface area contributed by atoms with Crippen LogP contribution in [0.5, 0.6) is 0 Å². The Hall–Kier alpha value is -4.37. The normalized spacial score (nSPS) is 15.2. The summed E-state index contributed by atoms with van der Waals surface area (Å²) in [6.45, 7) is 5.45. The van der Waals surface area contributed by atoms with Crippen molar-refractivity contribution in [2.24, 2.45) is 0 Å². The molecule has 1 fully saturated rings. The molecule has 6 rings (SSSR count). The number of aromatic amines is 1. The number of aryl methyl sites for hydroxylation is 1. The van der Waals surface area contributed by atoms with Gasteiger partial charge in [0, 0.05) is 42.9 Å². The highest BCUT2D eigenvalue weighted by Gasteiger charge is 2.32. The summed E-state index contributed by atoms with van der Waals surface area (Å²) in [6, 6.07) is 24.2. The van der Waals surface area contributed by atoms with Crippen molar-refractivity contribution in [3.05, 3.63) is 118 Å². The minimum atomic E-state index is -0.446. The molecule has 192 valence electrons. The molecule has 0 spiro atoms. The zero-order valence-electron chi connectivity index (χ0n) is 21.1. The monoisotopic (exact) mass is 509 g/mol. The third kappa shape index (κ3) is 4.80. The number of anilines is 1. The highest BCUT2D eigenvalue weighted by Crippen LogP contribution is 2.29. The molecule has 9 heteroatoms. The Morgan fingerprint density at radius 1 is 0.947 bits per heavy atom. The lowest BCUT2D eigenvalue weighted by Gasteiger charge is -2.39. The van der Waals surface area contributed by atoms with E-state index in [1.165, 1.54) is 17.8 Å². The number of aromatic nitrogens is 5. The van der Waals surface area contributed by atoms with Gasteiger partial charge in [0.05, 0.1) is 6.54 Å². The van der Waals surface area contributed by atoms with Crippen molar-refractivity contribution >= 4 is 16.6 Å².